The first-order valence-corrected chi connectivity index (χ1v) is 10.6. The summed E-state index contributed by atoms with van der Waals surface area (Å²) >= 11 is 5.96. The Morgan fingerprint density at radius 1 is 1.07 bits per heavy atom. The van der Waals surface area contributed by atoms with Crippen LogP contribution in [0.3, 0.4) is 0 Å². The van der Waals surface area contributed by atoms with E-state index in [4.69, 9.17) is 16.3 Å². The lowest BCUT2D eigenvalue weighted by atomic mass is 10.2. The number of ether oxygens (including phenoxy) is 1. The van der Waals surface area contributed by atoms with Gasteiger partial charge in [-0.1, -0.05) is 11.6 Å². The van der Waals surface area contributed by atoms with Crippen molar-refractivity contribution in [2.45, 2.75) is 0 Å². The zero-order valence-corrected chi connectivity index (χ0v) is 17.8. The first-order chi connectivity index (χ1) is 14.2. The van der Waals surface area contributed by atoms with Gasteiger partial charge >= 0.3 is 0 Å². The minimum Gasteiger partial charge on any atom is -0.379 e. The SMILES string of the molecule is CN=C(NCCN1CCOCC1)NCC(=O)N1CCN(c2ccc(Cl)cc2)CC1. The van der Waals surface area contributed by atoms with E-state index in [2.05, 4.69) is 25.4 Å². The molecule has 0 spiro atoms. The van der Waals surface area contributed by atoms with Crippen LogP contribution in [0.15, 0.2) is 29.3 Å². The summed E-state index contributed by atoms with van der Waals surface area (Å²) in [6.07, 6.45) is 0. The number of nitrogens with zero attached hydrogens (tertiary/aromatic N) is 4. The highest BCUT2D eigenvalue weighted by Crippen LogP contribution is 2.19. The van der Waals surface area contributed by atoms with Crippen molar-refractivity contribution in [3.8, 4) is 0 Å². The van der Waals surface area contributed by atoms with Crippen molar-refractivity contribution < 1.29 is 9.53 Å². The molecule has 0 atom stereocenters. The standard InChI is InChI=1S/C20H31ClN6O2/c1-22-20(23-6-7-25-12-14-29-15-13-25)24-16-19(28)27-10-8-26(9-11-27)18-4-2-17(21)3-5-18/h2-5H,6-16H2,1H3,(H2,22,23,24). The van der Waals surface area contributed by atoms with Crippen LogP contribution in [0.1, 0.15) is 0 Å². The summed E-state index contributed by atoms with van der Waals surface area (Å²) in [5.41, 5.74) is 1.14. The van der Waals surface area contributed by atoms with Crippen LogP contribution in [0.5, 0.6) is 0 Å². The van der Waals surface area contributed by atoms with Gasteiger partial charge in [0.2, 0.25) is 5.91 Å². The van der Waals surface area contributed by atoms with Crippen LogP contribution < -0.4 is 15.5 Å². The van der Waals surface area contributed by atoms with Gasteiger partial charge in [-0.3, -0.25) is 14.7 Å². The summed E-state index contributed by atoms with van der Waals surface area (Å²) in [4.78, 5) is 23.3. The summed E-state index contributed by atoms with van der Waals surface area (Å²) in [6.45, 7) is 8.57. The third-order valence-electron chi connectivity index (χ3n) is 5.28. The van der Waals surface area contributed by atoms with Crippen LogP contribution in [0.25, 0.3) is 0 Å². The molecule has 160 valence electrons. The van der Waals surface area contributed by atoms with Gasteiger partial charge < -0.3 is 25.2 Å². The molecule has 0 saturated carbocycles. The lowest BCUT2D eigenvalue weighted by Crippen LogP contribution is -2.52. The average Bonchev–Trinajstić information content (AvgIpc) is 2.77. The van der Waals surface area contributed by atoms with E-state index < -0.39 is 0 Å². The van der Waals surface area contributed by atoms with E-state index in [1.54, 1.807) is 7.05 Å². The maximum absolute atomic E-state index is 12.6. The molecule has 29 heavy (non-hydrogen) atoms. The van der Waals surface area contributed by atoms with E-state index in [-0.39, 0.29) is 12.5 Å². The van der Waals surface area contributed by atoms with E-state index >= 15 is 0 Å². The second-order valence-corrected chi connectivity index (χ2v) is 7.59. The molecule has 2 aliphatic rings. The van der Waals surface area contributed by atoms with Crippen molar-refractivity contribution in [2.75, 3.05) is 84.1 Å². The van der Waals surface area contributed by atoms with E-state index in [1.165, 1.54) is 0 Å². The van der Waals surface area contributed by atoms with Gasteiger partial charge in [-0.2, -0.15) is 0 Å². The van der Waals surface area contributed by atoms with Crippen molar-refractivity contribution in [2.24, 2.45) is 4.99 Å². The molecule has 1 aromatic carbocycles. The average molecular weight is 423 g/mol. The Morgan fingerprint density at radius 2 is 1.76 bits per heavy atom. The van der Waals surface area contributed by atoms with Gasteiger partial charge in [0.05, 0.1) is 19.8 Å². The third-order valence-corrected chi connectivity index (χ3v) is 5.53. The zero-order valence-electron chi connectivity index (χ0n) is 17.1. The van der Waals surface area contributed by atoms with E-state index in [0.29, 0.717) is 19.0 Å². The number of piperazine rings is 1. The molecule has 0 bridgehead atoms. The second-order valence-electron chi connectivity index (χ2n) is 7.15. The molecule has 0 radical (unpaired) electrons. The molecule has 0 unspecified atom stereocenters. The molecule has 2 N–H and O–H groups in total. The normalized spacial score (nSPS) is 18.6. The van der Waals surface area contributed by atoms with Crippen molar-refractivity contribution in [1.29, 1.82) is 0 Å². The Hall–Kier alpha value is -2.03. The largest absolute Gasteiger partial charge is 0.379 e. The molecule has 1 amide bonds. The highest BCUT2D eigenvalue weighted by atomic mass is 35.5. The van der Waals surface area contributed by atoms with Gasteiger partial charge in [0.25, 0.3) is 0 Å². The fourth-order valence-corrected chi connectivity index (χ4v) is 3.64. The maximum atomic E-state index is 12.6. The monoisotopic (exact) mass is 422 g/mol. The molecule has 2 heterocycles. The van der Waals surface area contributed by atoms with E-state index in [1.807, 2.05) is 29.2 Å². The Balaban J connectivity index is 1.34. The van der Waals surface area contributed by atoms with Crippen LogP contribution in [0, 0.1) is 0 Å². The predicted molar refractivity (Wildman–Crippen MR) is 117 cm³/mol. The van der Waals surface area contributed by atoms with Crippen molar-refractivity contribution in [1.82, 2.24) is 20.4 Å². The Morgan fingerprint density at radius 3 is 2.41 bits per heavy atom. The summed E-state index contributed by atoms with van der Waals surface area (Å²) < 4.78 is 5.36. The highest BCUT2D eigenvalue weighted by Gasteiger charge is 2.21. The minimum atomic E-state index is 0.0943. The highest BCUT2D eigenvalue weighted by molar-refractivity contribution is 6.30. The van der Waals surface area contributed by atoms with Gasteiger partial charge in [-0.05, 0) is 24.3 Å². The summed E-state index contributed by atoms with van der Waals surface area (Å²) in [7, 11) is 1.72. The summed E-state index contributed by atoms with van der Waals surface area (Å²) in [6, 6.07) is 7.84. The number of halogens is 1. The predicted octanol–water partition coefficient (Wildman–Crippen LogP) is 0.486. The van der Waals surface area contributed by atoms with Crippen LogP contribution >= 0.6 is 11.6 Å². The van der Waals surface area contributed by atoms with Crippen molar-refractivity contribution in [3.63, 3.8) is 0 Å². The topological polar surface area (TPSA) is 72.4 Å². The number of carbonyl (C=O) groups excluding carboxylic acids is 1. The van der Waals surface area contributed by atoms with Crippen molar-refractivity contribution in [3.05, 3.63) is 29.3 Å². The van der Waals surface area contributed by atoms with Crippen LogP contribution in [0.4, 0.5) is 5.69 Å². The van der Waals surface area contributed by atoms with Gasteiger partial charge in [0, 0.05) is 70.1 Å². The minimum absolute atomic E-state index is 0.0943. The number of guanidine groups is 1. The zero-order chi connectivity index (χ0) is 20.5. The molecule has 2 saturated heterocycles. The van der Waals surface area contributed by atoms with Crippen LogP contribution in [0.2, 0.25) is 5.02 Å². The number of benzene rings is 1. The van der Waals surface area contributed by atoms with E-state index in [0.717, 1.165) is 63.2 Å². The fourth-order valence-electron chi connectivity index (χ4n) is 3.51. The summed E-state index contributed by atoms with van der Waals surface area (Å²) in [5, 5.41) is 7.14. The molecule has 2 aliphatic heterocycles. The second kappa shape index (κ2) is 11.2. The number of nitrogens with one attached hydrogen (secondary N) is 2. The molecule has 9 heteroatoms. The number of hydrogen-bond acceptors (Lipinski definition) is 5. The van der Waals surface area contributed by atoms with Gasteiger partial charge in [-0.15, -0.1) is 0 Å². The van der Waals surface area contributed by atoms with E-state index in [9.17, 15) is 4.79 Å². The number of anilines is 1. The van der Waals surface area contributed by atoms with Crippen LogP contribution in [-0.4, -0.2) is 101 Å². The molecule has 2 fully saturated rings. The molecule has 3 rings (SSSR count). The Bertz CT molecular complexity index is 670. The molecular formula is C20H31ClN6O2. The molecule has 8 nitrogen and oxygen atoms in total. The number of rotatable bonds is 6. The molecule has 0 aliphatic carbocycles. The Kier molecular flexibility index (Phi) is 8.39. The molecular weight excluding hydrogens is 392 g/mol. The summed E-state index contributed by atoms with van der Waals surface area (Å²) in [5.74, 6) is 0.753. The van der Waals surface area contributed by atoms with Crippen LogP contribution in [-0.2, 0) is 9.53 Å². The number of hydrogen-bond donors (Lipinski definition) is 2. The van der Waals surface area contributed by atoms with Gasteiger partial charge in [0.1, 0.15) is 0 Å². The van der Waals surface area contributed by atoms with Crippen molar-refractivity contribution >= 4 is 29.2 Å². The Labute approximate surface area is 177 Å². The number of morpholine rings is 1. The lowest BCUT2D eigenvalue weighted by Gasteiger charge is -2.36. The lowest BCUT2D eigenvalue weighted by molar-refractivity contribution is -0.130. The quantitative estimate of drug-likeness (QED) is 0.513. The number of amides is 1. The third kappa shape index (κ3) is 6.76. The first-order valence-electron chi connectivity index (χ1n) is 10.2. The van der Waals surface area contributed by atoms with Gasteiger partial charge in [-0.25, -0.2) is 0 Å². The molecule has 1 aromatic rings. The molecule has 0 aromatic heterocycles. The maximum Gasteiger partial charge on any atom is 0.242 e. The number of aliphatic imine (C=N–C) groups is 1. The smallest absolute Gasteiger partial charge is 0.242 e. The fraction of sp³-hybridized carbons (Fsp3) is 0.600. The van der Waals surface area contributed by atoms with Gasteiger partial charge in [0.15, 0.2) is 5.96 Å². The number of carbonyl (C=O) groups is 1. The first kappa shape index (κ1) is 21.7.